The minimum atomic E-state index is -4.05. The standard InChI is InChI=1S/C20H19ClN2O4S/c1-2-27-19(24)14-23(13-16-9-3-4-12-22-16)28(25,26)18-11-6-8-15-7-5-10-17(21)20(15)18/h3-12H,2,13-14H2,1H3. The van der Waals surface area contributed by atoms with Gasteiger partial charge in [-0.25, -0.2) is 8.42 Å². The molecule has 3 aromatic rings. The number of aromatic nitrogens is 1. The maximum Gasteiger partial charge on any atom is 0.321 e. The number of carbonyl (C=O) groups excluding carboxylic acids is 1. The molecule has 0 saturated carbocycles. The Morgan fingerprint density at radius 2 is 1.86 bits per heavy atom. The molecular weight excluding hydrogens is 400 g/mol. The number of nitrogens with zero attached hydrogens (tertiary/aromatic N) is 2. The molecule has 0 saturated heterocycles. The van der Waals surface area contributed by atoms with Crippen molar-refractivity contribution in [1.82, 2.24) is 9.29 Å². The van der Waals surface area contributed by atoms with Crippen molar-refractivity contribution in [2.45, 2.75) is 18.4 Å². The van der Waals surface area contributed by atoms with Crippen LogP contribution >= 0.6 is 11.6 Å². The van der Waals surface area contributed by atoms with Gasteiger partial charge in [0.15, 0.2) is 0 Å². The van der Waals surface area contributed by atoms with Crippen LogP contribution in [0.1, 0.15) is 12.6 Å². The van der Waals surface area contributed by atoms with Crippen LogP contribution in [0, 0.1) is 0 Å². The molecule has 0 aliphatic heterocycles. The molecular formula is C20H19ClN2O4S. The summed E-state index contributed by atoms with van der Waals surface area (Å²) in [7, 11) is -4.05. The van der Waals surface area contributed by atoms with E-state index in [0.29, 0.717) is 21.5 Å². The monoisotopic (exact) mass is 418 g/mol. The van der Waals surface area contributed by atoms with Crippen molar-refractivity contribution in [2.75, 3.05) is 13.2 Å². The summed E-state index contributed by atoms with van der Waals surface area (Å²) in [5.41, 5.74) is 0.515. The van der Waals surface area contributed by atoms with E-state index in [0.717, 1.165) is 4.31 Å². The van der Waals surface area contributed by atoms with Crippen molar-refractivity contribution in [1.29, 1.82) is 0 Å². The molecule has 28 heavy (non-hydrogen) atoms. The van der Waals surface area contributed by atoms with Crippen LogP contribution in [-0.2, 0) is 26.1 Å². The van der Waals surface area contributed by atoms with Gasteiger partial charge in [0.25, 0.3) is 0 Å². The molecule has 1 heterocycles. The summed E-state index contributed by atoms with van der Waals surface area (Å²) in [6.45, 7) is 1.34. The fourth-order valence-corrected chi connectivity index (χ4v) is 4.80. The lowest BCUT2D eigenvalue weighted by molar-refractivity contribution is -0.143. The molecule has 0 bridgehead atoms. The predicted octanol–water partition coefficient (Wildman–Crippen LogP) is 3.64. The van der Waals surface area contributed by atoms with E-state index in [9.17, 15) is 13.2 Å². The van der Waals surface area contributed by atoms with Crippen molar-refractivity contribution >= 4 is 38.4 Å². The third kappa shape index (κ3) is 4.32. The van der Waals surface area contributed by atoms with Crippen molar-refractivity contribution in [3.05, 3.63) is 71.5 Å². The van der Waals surface area contributed by atoms with Crippen LogP contribution < -0.4 is 0 Å². The highest BCUT2D eigenvalue weighted by molar-refractivity contribution is 7.89. The number of benzene rings is 2. The highest BCUT2D eigenvalue weighted by Gasteiger charge is 2.30. The van der Waals surface area contributed by atoms with Gasteiger partial charge in [-0.15, -0.1) is 0 Å². The highest BCUT2D eigenvalue weighted by atomic mass is 35.5. The summed E-state index contributed by atoms with van der Waals surface area (Å²) >= 11 is 6.30. The van der Waals surface area contributed by atoms with Crippen LogP contribution in [0.3, 0.4) is 0 Å². The Hall–Kier alpha value is -2.48. The Kier molecular flexibility index (Phi) is 6.28. The summed E-state index contributed by atoms with van der Waals surface area (Å²) in [5.74, 6) is -0.631. The first-order valence-corrected chi connectivity index (χ1v) is 10.5. The summed E-state index contributed by atoms with van der Waals surface area (Å²) < 4.78 is 33.0. The van der Waals surface area contributed by atoms with Crippen molar-refractivity contribution in [2.24, 2.45) is 0 Å². The van der Waals surface area contributed by atoms with Gasteiger partial charge in [-0.2, -0.15) is 4.31 Å². The van der Waals surface area contributed by atoms with E-state index < -0.39 is 22.5 Å². The number of halogens is 1. The molecule has 8 heteroatoms. The normalized spacial score (nSPS) is 11.7. The number of hydrogen-bond donors (Lipinski definition) is 0. The molecule has 0 aliphatic rings. The second kappa shape index (κ2) is 8.68. The largest absolute Gasteiger partial charge is 0.465 e. The molecule has 0 fully saturated rings. The Morgan fingerprint density at radius 1 is 1.11 bits per heavy atom. The van der Waals surface area contributed by atoms with E-state index in [2.05, 4.69) is 4.98 Å². The maximum atomic E-state index is 13.5. The van der Waals surface area contributed by atoms with E-state index in [1.807, 2.05) is 0 Å². The van der Waals surface area contributed by atoms with E-state index in [4.69, 9.17) is 16.3 Å². The smallest absolute Gasteiger partial charge is 0.321 e. The minimum Gasteiger partial charge on any atom is -0.465 e. The molecule has 1 aromatic heterocycles. The first-order valence-electron chi connectivity index (χ1n) is 8.66. The Balaban J connectivity index is 2.09. The number of esters is 1. The molecule has 2 aromatic carbocycles. The van der Waals surface area contributed by atoms with Crippen LogP contribution in [0.4, 0.5) is 0 Å². The van der Waals surface area contributed by atoms with Crippen LogP contribution in [0.25, 0.3) is 10.8 Å². The average molecular weight is 419 g/mol. The van der Waals surface area contributed by atoms with E-state index in [1.54, 1.807) is 61.7 Å². The Bertz CT molecular complexity index is 1080. The SMILES string of the molecule is CCOC(=O)CN(Cc1ccccn1)S(=O)(=O)c1cccc2cccc(Cl)c12. The highest BCUT2D eigenvalue weighted by Crippen LogP contribution is 2.32. The Morgan fingerprint density at radius 3 is 2.54 bits per heavy atom. The van der Waals surface area contributed by atoms with Crippen LogP contribution in [0.5, 0.6) is 0 Å². The predicted molar refractivity (Wildman–Crippen MR) is 107 cm³/mol. The summed E-state index contributed by atoms with van der Waals surface area (Å²) in [6.07, 6.45) is 1.57. The fraction of sp³-hybridized carbons (Fsp3) is 0.200. The topological polar surface area (TPSA) is 76.6 Å². The van der Waals surface area contributed by atoms with Gasteiger partial charge >= 0.3 is 5.97 Å². The van der Waals surface area contributed by atoms with E-state index in [1.165, 1.54) is 6.07 Å². The van der Waals surface area contributed by atoms with Crippen molar-refractivity contribution < 1.29 is 17.9 Å². The molecule has 0 atom stereocenters. The molecule has 0 unspecified atom stereocenters. The van der Waals surface area contributed by atoms with Gasteiger partial charge in [0.2, 0.25) is 10.0 Å². The first-order chi connectivity index (χ1) is 13.4. The average Bonchev–Trinajstić information content (AvgIpc) is 2.68. The number of pyridine rings is 1. The number of ether oxygens (including phenoxy) is 1. The van der Waals surface area contributed by atoms with Crippen LogP contribution in [-0.4, -0.2) is 36.8 Å². The molecule has 0 radical (unpaired) electrons. The van der Waals surface area contributed by atoms with E-state index >= 15 is 0 Å². The molecule has 3 rings (SSSR count). The van der Waals surface area contributed by atoms with Gasteiger partial charge < -0.3 is 4.74 Å². The van der Waals surface area contributed by atoms with Crippen LogP contribution in [0.2, 0.25) is 5.02 Å². The van der Waals surface area contributed by atoms with Crippen molar-refractivity contribution in [3.8, 4) is 0 Å². The number of carbonyl (C=O) groups is 1. The summed E-state index contributed by atoms with van der Waals surface area (Å²) in [5, 5.41) is 1.44. The quantitative estimate of drug-likeness (QED) is 0.547. The second-order valence-corrected chi connectivity index (χ2v) is 8.31. The summed E-state index contributed by atoms with van der Waals surface area (Å²) in [6, 6.07) is 15.3. The molecule has 146 valence electrons. The molecule has 0 spiro atoms. The third-order valence-corrected chi connectivity index (χ3v) is 6.26. The van der Waals surface area contributed by atoms with Gasteiger partial charge in [-0.1, -0.05) is 41.9 Å². The lowest BCUT2D eigenvalue weighted by Crippen LogP contribution is -2.36. The van der Waals surface area contributed by atoms with Gasteiger partial charge in [0, 0.05) is 16.6 Å². The molecule has 0 amide bonds. The molecule has 0 aliphatic carbocycles. The van der Waals surface area contributed by atoms with E-state index in [-0.39, 0.29) is 18.0 Å². The third-order valence-electron chi connectivity index (χ3n) is 4.11. The lowest BCUT2D eigenvalue weighted by atomic mass is 10.1. The number of sulfonamides is 1. The molecule has 6 nitrogen and oxygen atoms in total. The molecule has 0 N–H and O–H groups in total. The van der Waals surface area contributed by atoms with Crippen LogP contribution in [0.15, 0.2) is 65.7 Å². The number of fused-ring (bicyclic) bond motifs is 1. The maximum absolute atomic E-state index is 13.5. The number of rotatable bonds is 7. The first kappa shape index (κ1) is 20.3. The zero-order valence-corrected chi connectivity index (χ0v) is 16.8. The van der Waals surface area contributed by atoms with Gasteiger partial charge in [-0.05, 0) is 36.6 Å². The van der Waals surface area contributed by atoms with Gasteiger partial charge in [0.1, 0.15) is 6.54 Å². The zero-order valence-electron chi connectivity index (χ0n) is 15.2. The van der Waals surface area contributed by atoms with Crippen molar-refractivity contribution in [3.63, 3.8) is 0 Å². The summed E-state index contributed by atoms with van der Waals surface area (Å²) in [4.78, 5) is 16.3. The Labute approximate surface area is 168 Å². The minimum absolute atomic E-state index is 0.0378. The number of hydrogen-bond acceptors (Lipinski definition) is 5. The fourth-order valence-electron chi connectivity index (χ4n) is 2.87. The zero-order chi connectivity index (χ0) is 20.1. The lowest BCUT2D eigenvalue weighted by Gasteiger charge is -2.22. The van der Waals surface area contributed by atoms with Gasteiger partial charge in [-0.3, -0.25) is 9.78 Å². The second-order valence-electron chi connectivity index (χ2n) is 5.99. The van der Waals surface area contributed by atoms with Gasteiger partial charge in [0.05, 0.1) is 23.7 Å².